The predicted octanol–water partition coefficient (Wildman–Crippen LogP) is 3.65. The number of ether oxygens (including phenoxy) is 1. The van der Waals surface area contributed by atoms with Crippen LogP contribution >= 0.6 is 15.9 Å². The first-order valence-electron chi connectivity index (χ1n) is 5.40. The molecule has 0 saturated carbocycles. The largest absolute Gasteiger partial charge is 0.457 e. The van der Waals surface area contributed by atoms with Crippen LogP contribution < -0.4 is 10.5 Å². The second-order valence-corrected chi connectivity index (χ2v) is 4.82. The molecule has 0 radical (unpaired) electrons. The van der Waals surface area contributed by atoms with Crippen LogP contribution in [0.4, 0.5) is 0 Å². The van der Waals surface area contributed by atoms with Crippen LogP contribution in [0.15, 0.2) is 46.9 Å². The highest BCUT2D eigenvalue weighted by atomic mass is 79.9. The predicted molar refractivity (Wildman–Crippen MR) is 73.9 cm³/mol. The number of primary amides is 1. The molecule has 0 aliphatic rings. The number of benzene rings is 2. The van der Waals surface area contributed by atoms with Crippen molar-refractivity contribution in [2.45, 2.75) is 6.92 Å². The van der Waals surface area contributed by atoms with Gasteiger partial charge in [-0.3, -0.25) is 4.79 Å². The molecule has 0 aliphatic carbocycles. The SMILES string of the molecule is Cc1cc(Oc2cccc(Br)c2)ccc1C(N)=O. The molecule has 0 saturated heterocycles. The van der Waals surface area contributed by atoms with Crippen LogP contribution in [0.2, 0.25) is 0 Å². The lowest BCUT2D eigenvalue weighted by atomic mass is 10.1. The first-order valence-corrected chi connectivity index (χ1v) is 6.19. The van der Waals surface area contributed by atoms with Gasteiger partial charge >= 0.3 is 0 Å². The molecule has 0 atom stereocenters. The Hall–Kier alpha value is -1.81. The van der Waals surface area contributed by atoms with Crippen molar-refractivity contribution in [2.24, 2.45) is 5.73 Å². The molecule has 3 nitrogen and oxygen atoms in total. The average molecular weight is 306 g/mol. The van der Waals surface area contributed by atoms with E-state index in [9.17, 15) is 4.79 Å². The Balaban J connectivity index is 2.25. The molecule has 2 N–H and O–H groups in total. The van der Waals surface area contributed by atoms with Crippen molar-refractivity contribution < 1.29 is 9.53 Å². The molecule has 2 rings (SSSR count). The van der Waals surface area contributed by atoms with Gasteiger partial charge in [-0.1, -0.05) is 22.0 Å². The van der Waals surface area contributed by atoms with Crippen LogP contribution in [0.25, 0.3) is 0 Å². The van der Waals surface area contributed by atoms with Crippen molar-refractivity contribution in [3.05, 3.63) is 58.1 Å². The highest BCUT2D eigenvalue weighted by Crippen LogP contribution is 2.25. The average Bonchev–Trinajstić information content (AvgIpc) is 2.28. The third kappa shape index (κ3) is 2.90. The highest BCUT2D eigenvalue weighted by Gasteiger charge is 2.06. The van der Waals surface area contributed by atoms with Crippen LogP contribution in [0, 0.1) is 6.92 Å². The summed E-state index contributed by atoms with van der Waals surface area (Å²) in [5.41, 5.74) is 6.56. The summed E-state index contributed by atoms with van der Waals surface area (Å²) in [6.07, 6.45) is 0. The van der Waals surface area contributed by atoms with Crippen molar-refractivity contribution in [3.63, 3.8) is 0 Å². The number of halogens is 1. The summed E-state index contributed by atoms with van der Waals surface area (Å²) in [6.45, 7) is 1.83. The van der Waals surface area contributed by atoms with Crippen LogP contribution in [-0.4, -0.2) is 5.91 Å². The Morgan fingerprint density at radius 1 is 1.17 bits per heavy atom. The van der Waals surface area contributed by atoms with Gasteiger partial charge in [-0.05, 0) is 48.9 Å². The summed E-state index contributed by atoms with van der Waals surface area (Å²) in [6, 6.07) is 12.7. The van der Waals surface area contributed by atoms with Crippen LogP contribution in [0.1, 0.15) is 15.9 Å². The Morgan fingerprint density at radius 2 is 1.89 bits per heavy atom. The minimum Gasteiger partial charge on any atom is -0.457 e. The molecule has 0 fully saturated rings. The molecular weight excluding hydrogens is 294 g/mol. The Morgan fingerprint density at radius 3 is 2.50 bits per heavy atom. The smallest absolute Gasteiger partial charge is 0.248 e. The Bertz CT molecular complexity index is 596. The van der Waals surface area contributed by atoms with Gasteiger partial charge in [-0.2, -0.15) is 0 Å². The number of carbonyl (C=O) groups is 1. The summed E-state index contributed by atoms with van der Waals surface area (Å²) >= 11 is 3.38. The van der Waals surface area contributed by atoms with E-state index < -0.39 is 5.91 Å². The summed E-state index contributed by atoms with van der Waals surface area (Å²) in [5.74, 6) is 0.979. The number of aryl methyl sites for hydroxylation is 1. The van der Waals surface area contributed by atoms with Gasteiger partial charge in [0.05, 0.1) is 0 Å². The molecule has 0 spiro atoms. The molecule has 2 aromatic rings. The third-order valence-electron chi connectivity index (χ3n) is 2.50. The molecule has 18 heavy (non-hydrogen) atoms. The molecule has 0 aliphatic heterocycles. The van der Waals surface area contributed by atoms with E-state index in [2.05, 4.69) is 15.9 Å². The first kappa shape index (κ1) is 12.6. The van der Waals surface area contributed by atoms with Crippen LogP contribution in [0.3, 0.4) is 0 Å². The van der Waals surface area contributed by atoms with Crippen molar-refractivity contribution in [1.82, 2.24) is 0 Å². The van der Waals surface area contributed by atoms with Gasteiger partial charge in [0, 0.05) is 10.0 Å². The topological polar surface area (TPSA) is 52.3 Å². The molecule has 0 unspecified atom stereocenters. The lowest BCUT2D eigenvalue weighted by molar-refractivity contribution is 0.0999. The van der Waals surface area contributed by atoms with Gasteiger partial charge in [0.25, 0.3) is 0 Å². The number of hydrogen-bond donors (Lipinski definition) is 1. The Labute approximate surface area is 114 Å². The number of carbonyl (C=O) groups excluding carboxylic acids is 1. The van der Waals surface area contributed by atoms with Crippen molar-refractivity contribution in [1.29, 1.82) is 0 Å². The maximum absolute atomic E-state index is 11.1. The zero-order valence-corrected chi connectivity index (χ0v) is 11.4. The molecule has 0 heterocycles. The fourth-order valence-electron chi connectivity index (χ4n) is 1.64. The lowest BCUT2D eigenvalue weighted by Crippen LogP contribution is -2.12. The molecule has 92 valence electrons. The maximum atomic E-state index is 11.1. The minimum atomic E-state index is -0.429. The summed E-state index contributed by atoms with van der Waals surface area (Å²) < 4.78 is 6.64. The van der Waals surface area contributed by atoms with Crippen LogP contribution in [0.5, 0.6) is 11.5 Å². The van der Waals surface area contributed by atoms with Crippen molar-refractivity contribution in [3.8, 4) is 11.5 Å². The van der Waals surface area contributed by atoms with E-state index in [1.807, 2.05) is 31.2 Å². The third-order valence-corrected chi connectivity index (χ3v) is 2.99. The van der Waals surface area contributed by atoms with E-state index in [-0.39, 0.29) is 0 Å². The van der Waals surface area contributed by atoms with E-state index in [1.54, 1.807) is 18.2 Å². The number of amides is 1. The van der Waals surface area contributed by atoms with Crippen LogP contribution in [-0.2, 0) is 0 Å². The second kappa shape index (κ2) is 5.23. The van der Waals surface area contributed by atoms with E-state index in [0.29, 0.717) is 11.3 Å². The number of hydrogen-bond acceptors (Lipinski definition) is 2. The zero-order valence-electron chi connectivity index (χ0n) is 9.81. The summed E-state index contributed by atoms with van der Waals surface area (Å²) in [7, 11) is 0. The summed E-state index contributed by atoms with van der Waals surface area (Å²) in [5, 5.41) is 0. The highest BCUT2D eigenvalue weighted by molar-refractivity contribution is 9.10. The van der Waals surface area contributed by atoms with Gasteiger partial charge in [0.15, 0.2) is 0 Å². The second-order valence-electron chi connectivity index (χ2n) is 3.90. The van der Waals surface area contributed by atoms with Crippen molar-refractivity contribution in [2.75, 3.05) is 0 Å². The van der Waals surface area contributed by atoms with Gasteiger partial charge < -0.3 is 10.5 Å². The minimum absolute atomic E-state index is 0.429. The van der Waals surface area contributed by atoms with E-state index in [4.69, 9.17) is 10.5 Å². The number of nitrogens with two attached hydrogens (primary N) is 1. The monoisotopic (exact) mass is 305 g/mol. The fourth-order valence-corrected chi connectivity index (χ4v) is 2.02. The molecule has 1 amide bonds. The molecule has 0 bridgehead atoms. The van der Waals surface area contributed by atoms with Gasteiger partial charge in [0.2, 0.25) is 5.91 Å². The first-order chi connectivity index (χ1) is 8.56. The van der Waals surface area contributed by atoms with E-state index >= 15 is 0 Å². The Kier molecular flexibility index (Phi) is 3.67. The van der Waals surface area contributed by atoms with Crippen molar-refractivity contribution >= 4 is 21.8 Å². The van der Waals surface area contributed by atoms with E-state index in [0.717, 1.165) is 15.8 Å². The quantitative estimate of drug-likeness (QED) is 0.941. The molecule has 0 aromatic heterocycles. The zero-order chi connectivity index (χ0) is 13.1. The molecular formula is C14H12BrNO2. The van der Waals surface area contributed by atoms with Gasteiger partial charge in [-0.15, -0.1) is 0 Å². The molecule has 2 aromatic carbocycles. The van der Waals surface area contributed by atoms with Gasteiger partial charge in [-0.25, -0.2) is 0 Å². The molecule has 4 heteroatoms. The lowest BCUT2D eigenvalue weighted by Gasteiger charge is -2.08. The number of rotatable bonds is 3. The summed E-state index contributed by atoms with van der Waals surface area (Å²) in [4.78, 5) is 11.1. The standard InChI is InChI=1S/C14H12BrNO2/c1-9-7-12(5-6-13(9)14(16)17)18-11-4-2-3-10(15)8-11/h2-8H,1H3,(H2,16,17). The maximum Gasteiger partial charge on any atom is 0.248 e. The normalized spacial score (nSPS) is 10.1. The van der Waals surface area contributed by atoms with E-state index in [1.165, 1.54) is 0 Å². The fraction of sp³-hybridized carbons (Fsp3) is 0.0714. The van der Waals surface area contributed by atoms with Gasteiger partial charge in [0.1, 0.15) is 11.5 Å².